The number of nitrogens with zero attached hydrogens (tertiary/aromatic N) is 3. The van der Waals surface area contributed by atoms with Crippen LogP contribution in [-0.4, -0.2) is 29.3 Å². The number of aldehydes is 1. The van der Waals surface area contributed by atoms with E-state index in [4.69, 9.17) is 0 Å². The van der Waals surface area contributed by atoms with Gasteiger partial charge < -0.3 is 4.90 Å². The van der Waals surface area contributed by atoms with Crippen LogP contribution in [0.25, 0.3) is 0 Å². The zero-order valence-corrected chi connectivity index (χ0v) is 9.59. The molecule has 4 nitrogen and oxygen atoms in total. The molecule has 4 heteroatoms. The molecule has 2 rings (SSSR count). The molecule has 1 aliphatic heterocycles. The zero-order valence-electron chi connectivity index (χ0n) is 9.59. The predicted molar refractivity (Wildman–Crippen MR) is 62.6 cm³/mol. The average molecular weight is 219 g/mol. The monoisotopic (exact) mass is 219 g/mol. The topological polar surface area (TPSA) is 46.1 Å². The molecule has 0 aromatic carbocycles. The SMILES string of the molecule is CCC1CCN(c2ncc(C=O)cn2)CC1. The molecule has 0 saturated carbocycles. The van der Waals surface area contributed by atoms with E-state index in [1.54, 1.807) is 12.4 Å². The van der Waals surface area contributed by atoms with Crippen molar-refractivity contribution in [2.75, 3.05) is 18.0 Å². The predicted octanol–water partition coefficient (Wildman–Crippen LogP) is 1.92. The fourth-order valence-electron chi connectivity index (χ4n) is 2.10. The highest BCUT2D eigenvalue weighted by molar-refractivity contribution is 5.73. The van der Waals surface area contributed by atoms with Gasteiger partial charge in [-0.05, 0) is 18.8 Å². The van der Waals surface area contributed by atoms with Crippen molar-refractivity contribution in [2.24, 2.45) is 5.92 Å². The molecule has 2 heterocycles. The van der Waals surface area contributed by atoms with Gasteiger partial charge in [0.25, 0.3) is 0 Å². The average Bonchev–Trinajstić information content (AvgIpc) is 2.39. The van der Waals surface area contributed by atoms with Crippen LogP contribution in [0, 0.1) is 5.92 Å². The van der Waals surface area contributed by atoms with E-state index in [1.165, 1.54) is 19.3 Å². The molecule has 1 aromatic rings. The van der Waals surface area contributed by atoms with Gasteiger partial charge in [0.05, 0.1) is 5.56 Å². The fourth-order valence-corrected chi connectivity index (χ4v) is 2.10. The summed E-state index contributed by atoms with van der Waals surface area (Å²) in [6, 6.07) is 0. The van der Waals surface area contributed by atoms with E-state index >= 15 is 0 Å². The molecule has 0 amide bonds. The minimum Gasteiger partial charge on any atom is -0.341 e. The standard InChI is InChI=1S/C12H17N3O/c1-2-10-3-5-15(6-4-10)12-13-7-11(9-16)8-14-12/h7-10H,2-6H2,1H3. The summed E-state index contributed by atoms with van der Waals surface area (Å²) in [6.07, 6.45) is 7.64. The first kappa shape index (κ1) is 11.0. The Morgan fingerprint density at radius 3 is 2.50 bits per heavy atom. The first-order valence-corrected chi connectivity index (χ1v) is 5.85. The van der Waals surface area contributed by atoms with Crippen molar-refractivity contribution in [2.45, 2.75) is 26.2 Å². The van der Waals surface area contributed by atoms with Crippen LogP contribution in [0.1, 0.15) is 36.5 Å². The molecular weight excluding hydrogens is 202 g/mol. The number of carbonyl (C=O) groups is 1. The molecule has 0 bridgehead atoms. The molecule has 1 aromatic heterocycles. The second-order valence-corrected chi connectivity index (χ2v) is 4.27. The smallest absolute Gasteiger partial charge is 0.225 e. The number of rotatable bonds is 3. The van der Waals surface area contributed by atoms with Gasteiger partial charge >= 0.3 is 0 Å². The van der Waals surface area contributed by atoms with Gasteiger partial charge in [0.1, 0.15) is 0 Å². The van der Waals surface area contributed by atoms with Crippen molar-refractivity contribution in [3.05, 3.63) is 18.0 Å². The Bertz CT molecular complexity index is 342. The maximum Gasteiger partial charge on any atom is 0.225 e. The van der Waals surface area contributed by atoms with Gasteiger partial charge in [0, 0.05) is 25.5 Å². The highest BCUT2D eigenvalue weighted by atomic mass is 16.1. The first-order chi connectivity index (χ1) is 7.83. The molecule has 0 N–H and O–H groups in total. The van der Waals surface area contributed by atoms with Crippen LogP contribution in [-0.2, 0) is 0 Å². The second-order valence-electron chi connectivity index (χ2n) is 4.27. The van der Waals surface area contributed by atoms with E-state index in [2.05, 4.69) is 21.8 Å². The Labute approximate surface area is 95.7 Å². The summed E-state index contributed by atoms with van der Waals surface area (Å²) < 4.78 is 0. The van der Waals surface area contributed by atoms with Gasteiger partial charge in [-0.3, -0.25) is 4.79 Å². The van der Waals surface area contributed by atoms with E-state index in [0.29, 0.717) is 5.56 Å². The molecule has 0 atom stereocenters. The van der Waals surface area contributed by atoms with Crippen LogP contribution < -0.4 is 4.90 Å². The Hall–Kier alpha value is -1.45. The second kappa shape index (κ2) is 5.05. The molecule has 0 radical (unpaired) electrons. The van der Waals surface area contributed by atoms with Crippen LogP contribution in [0.2, 0.25) is 0 Å². The summed E-state index contributed by atoms with van der Waals surface area (Å²) in [5.74, 6) is 1.60. The molecule has 86 valence electrons. The quantitative estimate of drug-likeness (QED) is 0.729. The summed E-state index contributed by atoms with van der Waals surface area (Å²) in [5, 5.41) is 0. The lowest BCUT2D eigenvalue weighted by Crippen LogP contribution is -2.34. The number of piperidine rings is 1. The molecule has 16 heavy (non-hydrogen) atoms. The largest absolute Gasteiger partial charge is 0.341 e. The van der Waals surface area contributed by atoms with Gasteiger partial charge in [-0.15, -0.1) is 0 Å². The fraction of sp³-hybridized carbons (Fsp3) is 0.583. The summed E-state index contributed by atoms with van der Waals surface area (Å²) in [4.78, 5) is 21.1. The van der Waals surface area contributed by atoms with Crippen LogP contribution in [0.5, 0.6) is 0 Å². The van der Waals surface area contributed by atoms with Crippen molar-refractivity contribution in [3.63, 3.8) is 0 Å². The highest BCUT2D eigenvalue weighted by Crippen LogP contribution is 2.22. The molecule has 1 aliphatic rings. The maximum absolute atomic E-state index is 10.5. The van der Waals surface area contributed by atoms with Crippen molar-refractivity contribution in [3.8, 4) is 0 Å². The lowest BCUT2D eigenvalue weighted by molar-refractivity contribution is 0.112. The number of aromatic nitrogens is 2. The summed E-state index contributed by atoms with van der Waals surface area (Å²) in [7, 11) is 0. The number of carbonyl (C=O) groups excluding carboxylic acids is 1. The minimum absolute atomic E-state index is 0.534. The summed E-state index contributed by atoms with van der Waals surface area (Å²) >= 11 is 0. The minimum atomic E-state index is 0.534. The van der Waals surface area contributed by atoms with Crippen LogP contribution in [0.4, 0.5) is 5.95 Å². The van der Waals surface area contributed by atoms with Crippen LogP contribution in [0.3, 0.4) is 0 Å². The van der Waals surface area contributed by atoms with E-state index < -0.39 is 0 Å². The molecule has 1 saturated heterocycles. The van der Waals surface area contributed by atoms with Gasteiger partial charge in [-0.25, -0.2) is 9.97 Å². The van der Waals surface area contributed by atoms with Crippen LogP contribution >= 0.6 is 0 Å². The van der Waals surface area contributed by atoms with Crippen molar-refractivity contribution >= 4 is 12.2 Å². The molecule has 0 unspecified atom stereocenters. The Morgan fingerprint density at radius 1 is 1.38 bits per heavy atom. The Kier molecular flexibility index (Phi) is 3.49. The van der Waals surface area contributed by atoms with Gasteiger partial charge in [0.2, 0.25) is 5.95 Å². The zero-order chi connectivity index (χ0) is 11.4. The van der Waals surface area contributed by atoms with Crippen molar-refractivity contribution in [1.29, 1.82) is 0 Å². The van der Waals surface area contributed by atoms with Gasteiger partial charge in [-0.2, -0.15) is 0 Å². The number of hydrogen-bond donors (Lipinski definition) is 0. The molecular formula is C12H17N3O. The van der Waals surface area contributed by atoms with Gasteiger partial charge in [-0.1, -0.05) is 13.3 Å². The molecule has 0 spiro atoms. The lowest BCUT2D eigenvalue weighted by Gasteiger charge is -2.31. The van der Waals surface area contributed by atoms with E-state index in [-0.39, 0.29) is 0 Å². The first-order valence-electron chi connectivity index (χ1n) is 5.85. The third-order valence-corrected chi connectivity index (χ3v) is 3.27. The highest BCUT2D eigenvalue weighted by Gasteiger charge is 2.19. The molecule has 0 aliphatic carbocycles. The Balaban J connectivity index is 1.99. The summed E-state index contributed by atoms with van der Waals surface area (Å²) in [5.41, 5.74) is 0.534. The normalized spacial score (nSPS) is 17.4. The van der Waals surface area contributed by atoms with E-state index in [0.717, 1.165) is 31.2 Å². The number of hydrogen-bond acceptors (Lipinski definition) is 4. The van der Waals surface area contributed by atoms with E-state index in [1.807, 2.05) is 0 Å². The van der Waals surface area contributed by atoms with Crippen molar-refractivity contribution in [1.82, 2.24) is 9.97 Å². The lowest BCUT2D eigenvalue weighted by atomic mass is 9.95. The van der Waals surface area contributed by atoms with E-state index in [9.17, 15) is 4.79 Å². The number of anilines is 1. The maximum atomic E-state index is 10.5. The Morgan fingerprint density at radius 2 is 2.00 bits per heavy atom. The van der Waals surface area contributed by atoms with Crippen LogP contribution in [0.15, 0.2) is 12.4 Å². The van der Waals surface area contributed by atoms with Gasteiger partial charge in [0.15, 0.2) is 6.29 Å². The third-order valence-electron chi connectivity index (χ3n) is 3.27. The van der Waals surface area contributed by atoms with Crippen molar-refractivity contribution < 1.29 is 4.79 Å². The third kappa shape index (κ3) is 2.38. The molecule has 1 fully saturated rings. The summed E-state index contributed by atoms with van der Waals surface area (Å²) in [6.45, 7) is 4.30.